The number of hydrogen-bond acceptors (Lipinski definition) is 2. The fourth-order valence-corrected chi connectivity index (χ4v) is 3.79. The molecular weight excluding hydrogens is 390 g/mol. The average Bonchev–Trinajstić information content (AvgIpc) is 2.65. The normalized spacial score (nSPS) is 15.1. The number of aryl methyl sites for hydroxylation is 2. The molecule has 0 bridgehead atoms. The van der Waals surface area contributed by atoms with Crippen LogP contribution in [-0.4, -0.2) is 30.5 Å². The number of nitrogens with zero attached hydrogens (tertiary/aromatic N) is 1. The van der Waals surface area contributed by atoms with E-state index < -0.39 is 0 Å². The summed E-state index contributed by atoms with van der Waals surface area (Å²) in [7, 11) is 0. The molecule has 138 valence electrons. The summed E-state index contributed by atoms with van der Waals surface area (Å²) in [5, 5.41) is 0. The van der Waals surface area contributed by atoms with Crippen LogP contribution in [-0.2, 0) is 11.2 Å². The number of rotatable bonds is 5. The summed E-state index contributed by atoms with van der Waals surface area (Å²) in [6.07, 6.45) is 3.24. The van der Waals surface area contributed by atoms with E-state index in [9.17, 15) is 4.79 Å². The topological polar surface area (TPSA) is 29.5 Å². The van der Waals surface area contributed by atoms with Crippen LogP contribution >= 0.6 is 15.9 Å². The van der Waals surface area contributed by atoms with Gasteiger partial charge in [-0.15, -0.1) is 0 Å². The van der Waals surface area contributed by atoms with Crippen molar-refractivity contribution in [3.63, 3.8) is 0 Å². The Labute approximate surface area is 164 Å². The van der Waals surface area contributed by atoms with E-state index in [1.165, 1.54) is 5.56 Å². The second kappa shape index (κ2) is 8.72. The number of carbonyl (C=O) groups excluding carboxylic acids is 1. The van der Waals surface area contributed by atoms with Crippen LogP contribution in [0, 0.1) is 19.8 Å². The minimum absolute atomic E-state index is 0.0846. The van der Waals surface area contributed by atoms with Gasteiger partial charge >= 0.3 is 0 Å². The number of amides is 1. The van der Waals surface area contributed by atoms with Crippen LogP contribution in [0.1, 0.15) is 29.5 Å². The smallest absolute Gasteiger partial charge is 0.260 e. The largest absolute Gasteiger partial charge is 0.484 e. The van der Waals surface area contributed by atoms with E-state index in [2.05, 4.69) is 46.3 Å². The first-order valence-corrected chi connectivity index (χ1v) is 10.0. The highest BCUT2D eigenvalue weighted by atomic mass is 79.9. The van der Waals surface area contributed by atoms with Crippen LogP contribution in [0.2, 0.25) is 0 Å². The minimum Gasteiger partial charge on any atom is -0.484 e. The molecule has 2 aromatic rings. The third kappa shape index (κ3) is 4.88. The molecule has 1 fully saturated rings. The van der Waals surface area contributed by atoms with Crippen LogP contribution in [0.15, 0.2) is 46.9 Å². The van der Waals surface area contributed by atoms with Crippen molar-refractivity contribution in [3.8, 4) is 5.75 Å². The number of ether oxygens (including phenoxy) is 1. The van der Waals surface area contributed by atoms with Crippen LogP contribution in [0.25, 0.3) is 0 Å². The first-order valence-electron chi connectivity index (χ1n) is 9.24. The zero-order chi connectivity index (χ0) is 18.5. The monoisotopic (exact) mass is 415 g/mol. The van der Waals surface area contributed by atoms with Gasteiger partial charge in [0, 0.05) is 17.6 Å². The summed E-state index contributed by atoms with van der Waals surface area (Å²) in [6.45, 7) is 5.84. The molecule has 1 amide bonds. The van der Waals surface area contributed by atoms with Crippen molar-refractivity contribution in [1.82, 2.24) is 4.90 Å². The van der Waals surface area contributed by atoms with Gasteiger partial charge in [-0.05, 0) is 67.9 Å². The second-order valence-corrected chi connectivity index (χ2v) is 7.97. The van der Waals surface area contributed by atoms with E-state index in [4.69, 9.17) is 4.74 Å². The quantitative estimate of drug-likeness (QED) is 0.692. The highest BCUT2D eigenvalue weighted by molar-refractivity contribution is 9.10. The van der Waals surface area contributed by atoms with Gasteiger partial charge in [0.2, 0.25) is 0 Å². The van der Waals surface area contributed by atoms with E-state index >= 15 is 0 Å². The van der Waals surface area contributed by atoms with Crippen LogP contribution in [0.4, 0.5) is 0 Å². The Hall–Kier alpha value is -1.81. The van der Waals surface area contributed by atoms with Crippen LogP contribution < -0.4 is 4.74 Å². The van der Waals surface area contributed by atoms with Crippen molar-refractivity contribution in [2.24, 2.45) is 5.92 Å². The molecule has 0 unspecified atom stereocenters. The SMILES string of the molecule is Cc1cc(OCC(=O)N2CCC(Cc3ccccc3)CC2)cc(C)c1Br. The molecule has 1 saturated heterocycles. The van der Waals surface area contributed by atoms with E-state index in [1.807, 2.05) is 30.9 Å². The molecule has 1 aliphatic heterocycles. The highest BCUT2D eigenvalue weighted by Gasteiger charge is 2.23. The Kier molecular flexibility index (Phi) is 6.36. The van der Waals surface area contributed by atoms with E-state index in [-0.39, 0.29) is 12.5 Å². The van der Waals surface area contributed by atoms with Gasteiger partial charge in [0.15, 0.2) is 6.61 Å². The van der Waals surface area contributed by atoms with E-state index in [0.717, 1.165) is 53.7 Å². The fraction of sp³-hybridized carbons (Fsp3) is 0.409. The molecule has 2 aromatic carbocycles. The standard InChI is InChI=1S/C22H26BrNO2/c1-16-12-20(13-17(2)22(16)23)26-15-21(25)24-10-8-19(9-11-24)14-18-6-4-3-5-7-18/h3-7,12-13,19H,8-11,14-15H2,1-2H3. The Morgan fingerprint density at radius 1 is 1.12 bits per heavy atom. The summed E-state index contributed by atoms with van der Waals surface area (Å²) < 4.78 is 6.84. The fourth-order valence-electron chi connectivity index (χ4n) is 3.56. The molecule has 1 aliphatic rings. The lowest BCUT2D eigenvalue weighted by Crippen LogP contribution is -2.41. The Balaban J connectivity index is 1.46. The van der Waals surface area contributed by atoms with Crippen molar-refractivity contribution in [2.75, 3.05) is 19.7 Å². The second-order valence-electron chi connectivity index (χ2n) is 7.17. The molecular formula is C22H26BrNO2. The Morgan fingerprint density at radius 2 is 1.73 bits per heavy atom. The zero-order valence-corrected chi connectivity index (χ0v) is 17.1. The number of likely N-dealkylation sites (tertiary alicyclic amines) is 1. The minimum atomic E-state index is 0.0846. The lowest BCUT2D eigenvalue weighted by molar-refractivity contribution is -0.134. The van der Waals surface area contributed by atoms with Gasteiger partial charge < -0.3 is 9.64 Å². The van der Waals surface area contributed by atoms with E-state index in [1.54, 1.807) is 0 Å². The summed E-state index contributed by atoms with van der Waals surface area (Å²) in [6, 6.07) is 14.6. The Morgan fingerprint density at radius 3 is 2.35 bits per heavy atom. The van der Waals surface area contributed by atoms with Gasteiger partial charge in [-0.2, -0.15) is 0 Å². The van der Waals surface area contributed by atoms with Crippen LogP contribution in [0.5, 0.6) is 5.75 Å². The van der Waals surface area contributed by atoms with Crippen molar-refractivity contribution >= 4 is 21.8 Å². The van der Waals surface area contributed by atoms with E-state index in [0.29, 0.717) is 5.92 Å². The molecule has 3 rings (SSSR count). The molecule has 0 atom stereocenters. The summed E-state index contributed by atoms with van der Waals surface area (Å²) in [5.41, 5.74) is 3.63. The predicted molar refractivity (Wildman–Crippen MR) is 109 cm³/mol. The molecule has 3 nitrogen and oxygen atoms in total. The van der Waals surface area contributed by atoms with Crippen molar-refractivity contribution in [2.45, 2.75) is 33.1 Å². The predicted octanol–water partition coefficient (Wildman–Crippen LogP) is 4.93. The van der Waals surface area contributed by atoms with Gasteiger partial charge in [0.05, 0.1) is 0 Å². The maximum atomic E-state index is 12.5. The molecule has 4 heteroatoms. The van der Waals surface area contributed by atoms with Gasteiger partial charge in [-0.3, -0.25) is 4.79 Å². The number of halogens is 1. The van der Waals surface area contributed by atoms with Gasteiger partial charge in [-0.25, -0.2) is 0 Å². The summed E-state index contributed by atoms with van der Waals surface area (Å²) in [4.78, 5) is 14.4. The van der Waals surface area contributed by atoms with Gasteiger partial charge in [0.1, 0.15) is 5.75 Å². The lowest BCUT2D eigenvalue weighted by Gasteiger charge is -2.32. The maximum absolute atomic E-state index is 12.5. The first kappa shape index (κ1) is 19.0. The van der Waals surface area contributed by atoms with Crippen LogP contribution in [0.3, 0.4) is 0 Å². The van der Waals surface area contributed by atoms with Gasteiger partial charge in [-0.1, -0.05) is 46.3 Å². The van der Waals surface area contributed by atoms with Gasteiger partial charge in [0.25, 0.3) is 5.91 Å². The van der Waals surface area contributed by atoms with Crippen molar-refractivity contribution in [3.05, 3.63) is 63.6 Å². The Bertz CT molecular complexity index is 729. The average molecular weight is 416 g/mol. The molecule has 0 saturated carbocycles. The van der Waals surface area contributed by atoms with Crippen molar-refractivity contribution in [1.29, 1.82) is 0 Å². The third-order valence-electron chi connectivity index (χ3n) is 5.11. The molecule has 26 heavy (non-hydrogen) atoms. The highest BCUT2D eigenvalue weighted by Crippen LogP contribution is 2.26. The number of piperidine rings is 1. The molecule has 0 N–H and O–H groups in total. The first-order chi connectivity index (χ1) is 12.5. The third-order valence-corrected chi connectivity index (χ3v) is 6.36. The molecule has 0 aromatic heterocycles. The molecule has 0 radical (unpaired) electrons. The summed E-state index contributed by atoms with van der Waals surface area (Å²) in [5.74, 6) is 1.51. The lowest BCUT2D eigenvalue weighted by atomic mass is 9.90. The molecule has 0 aliphatic carbocycles. The summed E-state index contributed by atoms with van der Waals surface area (Å²) >= 11 is 3.55. The molecule has 1 heterocycles. The van der Waals surface area contributed by atoms with Crippen molar-refractivity contribution < 1.29 is 9.53 Å². The number of carbonyl (C=O) groups is 1. The number of hydrogen-bond donors (Lipinski definition) is 0. The molecule has 0 spiro atoms. The maximum Gasteiger partial charge on any atom is 0.260 e. The number of benzene rings is 2. The zero-order valence-electron chi connectivity index (χ0n) is 15.5.